The van der Waals surface area contributed by atoms with E-state index in [1.54, 1.807) is 25.1 Å². The number of anilines is 1. The van der Waals surface area contributed by atoms with Gasteiger partial charge in [-0.05, 0) is 78.2 Å². The Morgan fingerprint density at radius 2 is 1.89 bits per heavy atom. The first-order valence-corrected chi connectivity index (χ1v) is 13.2. The number of nitrogens with zero attached hydrogens (tertiary/aromatic N) is 3. The summed E-state index contributed by atoms with van der Waals surface area (Å²) in [5.41, 5.74) is 3.66. The molecule has 7 nitrogen and oxygen atoms in total. The van der Waals surface area contributed by atoms with Crippen LogP contribution >= 0.6 is 23.4 Å². The monoisotopic (exact) mass is 550 g/mol. The number of hydrogen-bond acceptors (Lipinski definition) is 6. The summed E-state index contributed by atoms with van der Waals surface area (Å²) in [5.74, 6) is -0.343. The van der Waals surface area contributed by atoms with Gasteiger partial charge >= 0.3 is 0 Å². The van der Waals surface area contributed by atoms with Crippen molar-refractivity contribution in [3.05, 3.63) is 94.3 Å². The molecular formula is C28H24ClFN4O3S. The lowest BCUT2D eigenvalue weighted by atomic mass is 9.98. The Morgan fingerprint density at radius 1 is 1.16 bits per heavy atom. The highest BCUT2D eigenvalue weighted by atomic mass is 35.5. The van der Waals surface area contributed by atoms with Gasteiger partial charge in [-0.3, -0.25) is 9.59 Å². The minimum Gasteiger partial charge on any atom is -0.497 e. The maximum atomic E-state index is 13.5. The highest BCUT2D eigenvalue weighted by Gasteiger charge is 2.39. The van der Waals surface area contributed by atoms with Crippen LogP contribution in [0.15, 0.2) is 76.8 Å². The average Bonchev–Trinajstić information content (AvgIpc) is 3.51. The fourth-order valence-corrected chi connectivity index (χ4v) is 5.48. The Bertz CT molecular complexity index is 1440. The molecule has 194 valence electrons. The second-order valence-electron chi connectivity index (χ2n) is 8.95. The van der Waals surface area contributed by atoms with Crippen molar-refractivity contribution >= 4 is 51.7 Å². The molecule has 0 aromatic heterocycles. The molecule has 0 fully saturated rings. The Hall–Kier alpha value is -3.69. The topological polar surface area (TPSA) is 83.4 Å². The standard InChI is InChI=1S/C28H24ClFN4O3S/c1-16-13-20(9-12-22(16)30)31-26(35)15-25-27(36)32-28(38-25)34-24(18-3-7-19(29)8-4-18)14-23(33-34)17-5-10-21(37-2)11-6-17/h3-13,24-25H,14-15H2,1-2H3,(H,31,35)/t24-,25+/m1/s1. The third-order valence-electron chi connectivity index (χ3n) is 6.33. The summed E-state index contributed by atoms with van der Waals surface area (Å²) in [6.45, 7) is 1.62. The first-order valence-electron chi connectivity index (χ1n) is 11.9. The molecule has 0 saturated heterocycles. The molecule has 0 saturated carbocycles. The van der Waals surface area contributed by atoms with Crippen LogP contribution in [0, 0.1) is 12.7 Å². The average molecular weight is 551 g/mol. The van der Waals surface area contributed by atoms with Crippen molar-refractivity contribution < 1.29 is 18.7 Å². The van der Waals surface area contributed by atoms with Crippen LogP contribution in [0.2, 0.25) is 5.02 Å². The minimum absolute atomic E-state index is 0.0680. The van der Waals surface area contributed by atoms with Crippen LogP contribution in [0.5, 0.6) is 5.75 Å². The molecule has 2 amide bonds. The molecule has 0 radical (unpaired) electrons. The van der Waals surface area contributed by atoms with Gasteiger partial charge in [-0.2, -0.15) is 10.1 Å². The molecule has 2 heterocycles. The largest absolute Gasteiger partial charge is 0.497 e. The number of amidine groups is 1. The Morgan fingerprint density at radius 3 is 2.58 bits per heavy atom. The van der Waals surface area contributed by atoms with E-state index in [1.807, 2.05) is 48.5 Å². The van der Waals surface area contributed by atoms with Crippen molar-refractivity contribution in [2.45, 2.75) is 31.1 Å². The number of carbonyl (C=O) groups excluding carboxylic acids is 2. The fraction of sp³-hybridized carbons (Fsp3) is 0.214. The van der Waals surface area contributed by atoms with Crippen LogP contribution in [0.25, 0.3) is 0 Å². The molecular weight excluding hydrogens is 527 g/mol. The summed E-state index contributed by atoms with van der Waals surface area (Å²) >= 11 is 7.33. The van der Waals surface area contributed by atoms with Gasteiger partial charge in [0.05, 0.1) is 18.9 Å². The van der Waals surface area contributed by atoms with Gasteiger partial charge in [0.15, 0.2) is 5.17 Å². The van der Waals surface area contributed by atoms with Crippen LogP contribution in [-0.2, 0) is 9.59 Å². The third-order valence-corrected chi connectivity index (χ3v) is 7.72. The maximum absolute atomic E-state index is 13.5. The summed E-state index contributed by atoms with van der Waals surface area (Å²) in [4.78, 5) is 29.7. The van der Waals surface area contributed by atoms with E-state index in [0.717, 1.165) is 22.6 Å². The van der Waals surface area contributed by atoms with E-state index in [4.69, 9.17) is 21.4 Å². The zero-order valence-electron chi connectivity index (χ0n) is 20.7. The quantitative estimate of drug-likeness (QED) is 0.408. The molecule has 3 aromatic carbocycles. The maximum Gasteiger partial charge on any atom is 0.262 e. The Kier molecular flexibility index (Phi) is 7.49. The molecule has 5 rings (SSSR count). The number of hydrogen-bond donors (Lipinski definition) is 1. The van der Waals surface area contributed by atoms with Gasteiger partial charge in [-0.1, -0.05) is 35.5 Å². The number of ether oxygens (including phenoxy) is 1. The van der Waals surface area contributed by atoms with Gasteiger partial charge < -0.3 is 10.1 Å². The molecule has 0 bridgehead atoms. The van der Waals surface area contributed by atoms with Crippen LogP contribution in [-0.4, -0.2) is 40.1 Å². The van der Waals surface area contributed by atoms with Gasteiger partial charge in [0.2, 0.25) is 5.91 Å². The normalized spacial score (nSPS) is 18.8. The summed E-state index contributed by atoms with van der Waals surface area (Å²) in [6.07, 6.45) is 0.526. The predicted octanol–water partition coefficient (Wildman–Crippen LogP) is 5.97. The number of benzene rings is 3. The van der Waals surface area contributed by atoms with Crippen molar-refractivity contribution in [2.24, 2.45) is 10.1 Å². The van der Waals surface area contributed by atoms with Crippen LogP contribution in [0.1, 0.15) is 35.6 Å². The SMILES string of the molecule is COc1ccc(C2=NN(C3=NC(=O)[C@H](CC(=O)Nc4ccc(F)c(C)c4)S3)[C@@H](c3ccc(Cl)cc3)C2)cc1. The molecule has 2 aliphatic rings. The van der Waals surface area contributed by atoms with Crippen LogP contribution in [0.4, 0.5) is 10.1 Å². The Balaban J connectivity index is 1.34. The number of aryl methyl sites for hydroxylation is 1. The van der Waals surface area contributed by atoms with Crippen molar-refractivity contribution in [3.63, 3.8) is 0 Å². The van der Waals surface area contributed by atoms with Crippen LogP contribution in [0.3, 0.4) is 0 Å². The van der Waals surface area contributed by atoms with Gasteiger partial charge in [-0.15, -0.1) is 0 Å². The van der Waals surface area contributed by atoms with E-state index < -0.39 is 11.2 Å². The lowest BCUT2D eigenvalue weighted by Gasteiger charge is -2.23. The lowest BCUT2D eigenvalue weighted by Crippen LogP contribution is -2.25. The molecule has 0 unspecified atom stereocenters. The third kappa shape index (κ3) is 5.58. The van der Waals surface area contributed by atoms with Gasteiger partial charge in [0.1, 0.15) is 16.8 Å². The number of halogens is 2. The zero-order chi connectivity index (χ0) is 26.8. The number of methoxy groups -OCH3 is 1. The number of rotatable bonds is 6. The lowest BCUT2D eigenvalue weighted by molar-refractivity contribution is -0.121. The van der Waals surface area contributed by atoms with E-state index in [9.17, 15) is 14.0 Å². The zero-order valence-corrected chi connectivity index (χ0v) is 22.2. The molecule has 2 aliphatic heterocycles. The number of hydrazone groups is 1. The van der Waals surface area contributed by atoms with Crippen molar-refractivity contribution in [1.29, 1.82) is 0 Å². The highest BCUT2D eigenvalue weighted by Crippen LogP contribution is 2.39. The smallest absolute Gasteiger partial charge is 0.262 e. The molecule has 1 N–H and O–H groups in total. The second-order valence-corrected chi connectivity index (χ2v) is 10.6. The van der Waals surface area contributed by atoms with Gasteiger partial charge in [-0.25, -0.2) is 9.40 Å². The first-order chi connectivity index (χ1) is 18.3. The van der Waals surface area contributed by atoms with Gasteiger partial charge in [0, 0.05) is 23.6 Å². The molecule has 0 spiro atoms. The molecule has 3 aromatic rings. The van der Waals surface area contributed by atoms with E-state index in [-0.39, 0.29) is 24.2 Å². The first kappa shape index (κ1) is 25.9. The summed E-state index contributed by atoms with van der Waals surface area (Å²) < 4.78 is 18.8. The number of carbonyl (C=O) groups is 2. The van der Waals surface area contributed by atoms with Crippen molar-refractivity contribution in [3.8, 4) is 5.75 Å². The predicted molar refractivity (Wildman–Crippen MR) is 148 cm³/mol. The van der Waals surface area contributed by atoms with E-state index in [1.165, 1.54) is 23.9 Å². The fourth-order valence-electron chi connectivity index (χ4n) is 4.30. The molecule has 38 heavy (non-hydrogen) atoms. The molecule has 10 heteroatoms. The second kappa shape index (κ2) is 11.0. The van der Waals surface area contributed by atoms with Gasteiger partial charge in [0.25, 0.3) is 5.91 Å². The number of aliphatic imine (C=N–C) groups is 1. The summed E-state index contributed by atoms with van der Waals surface area (Å²) in [6, 6.07) is 19.3. The summed E-state index contributed by atoms with van der Waals surface area (Å²) in [7, 11) is 1.62. The minimum atomic E-state index is -0.683. The molecule has 2 atom stereocenters. The number of thioether (sulfide) groups is 1. The Labute approximate surface area is 228 Å². The number of amides is 2. The van der Waals surface area contributed by atoms with Crippen LogP contribution < -0.4 is 10.1 Å². The summed E-state index contributed by atoms with van der Waals surface area (Å²) in [5, 5.41) is 9.72. The van der Waals surface area contributed by atoms with E-state index >= 15 is 0 Å². The van der Waals surface area contributed by atoms with E-state index in [0.29, 0.717) is 27.9 Å². The number of nitrogens with one attached hydrogen (secondary N) is 1. The van der Waals surface area contributed by atoms with Crippen molar-refractivity contribution in [1.82, 2.24) is 5.01 Å². The highest BCUT2D eigenvalue weighted by molar-refractivity contribution is 8.15. The molecule has 0 aliphatic carbocycles. The van der Waals surface area contributed by atoms with E-state index in [2.05, 4.69) is 10.3 Å². The van der Waals surface area contributed by atoms with Crippen molar-refractivity contribution in [2.75, 3.05) is 12.4 Å².